The summed E-state index contributed by atoms with van der Waals surface area (Å²) in [4.78, 5) is 0. The number of hydrogen-bond acceptors (Lipinski definition) is 3. The van der Waals surface area contributed by atoms with E-state index < -0.39 is 10.1 Å². The number of aliphatic hydroxyl groups is 1. The molecule has 1 saturated carbocycles. The van der Waals surface area contributed by atoms with Crippen LogP contribution in [-0.2, 0) is 10.1 Å². The van der Waals surface area contributed by atoms with Crippen LogP contribution in [0.4, 0.5) is 0 Å². The maximum atomic E-state index is 9.19. The normalized spacial score (nSPS) is 26.3. The molecule has 1 rings (SSSR count). The minimum absolute atomic E-state index is 0.379. The van der Waals surface area contributed by atoms with Gasteiger partial charge < -0.3 is 5.11 Å². The summed E-state index contributed by atoms with van der Waals surface area (Å²) in [5, 5.41) is 8.82. The zero-order valence-electron chi connectivity index (χ0n) is 9.09. The SMILES string of the molecule is C=CC1CCC(CO)CC1.CS(=O)(=O)O. The summed E-state index contributed by atoms with van der Waals surface area (Å²) < 4.78 is 25.9. The Balaban J connectivity index is 0.000000336. The monoisotopic (exact) mass is 236 g/mol. The molecule has 0 unspecified atom stereocenters. The summed E-state index contributed by atoms with van der Waals surface area (Å²) in [5.74, 6) is 1.30. The van der Waals surface area contributed by atoms with E-state index in [1.54, 1.807) is 0 Å². The highest BCUT2D eigenvalue weighted by atomic mass is 32.2. The Bertz CT molecular complexity index is 255. The molecule has 1 fully saturated rings. The summed E-state index contributed by atoms with van der Waals surface area (Å²) in [5.41, 5.74) is 0. The van der Waals surface area contributed by atoms with Crippen molar-refractivity contribution in [2.24, 2.45) is 11.8 Å². The lowest BCUT2D eigenvalue weighted by atomic mass is 9.83. The molecule has 90 valence electrons. The van der Waals surface area contributed by atoms with Gasteiger partial charge in [0.1, 0.15) is 0 Å². The van der Waals surface area contributed by atoms with Crippen LogP contribution in [-0.4, -0.2) is 30.9 Å². The summed E-state index contributed by atoms with van der Waals surface area (Å²) in [7, 11) is -3.67. The van der Waals surface area contributed by atoms with Crippen molar-refractivity contribution in [3.05, 3.63) is 12.7 Å². The predicted octanol–water partition coefficient (Wildman–Crippen LogP) is 1.48. The van der Waals surface area contributed by atoms with Crippen LogP contribution in [0.25, 0.3) is 0 Å². The van der Waals surface area contributed by atoms with Gasteiger partial charge in [-0.2, -0.15) is 8.42 Å². The van der Waals surface area contributed by atoms with E-state index >= 15 is 0 Å². The Morgan fingerprint density at radius 1 is 1.33 bits per heavy atom. The van der Waals surface area contributed by atoms with Crippen molar-refractivity contribution < 1.29 is 18.1 Å². The van der Waals surface area contributed by atoms with E-state index in [9.17, 15) is 8.42 Å². The van der Waals surface area contributed by atoms with E-state index in [-0.39, 0.29) is 0 Å². The molecule has 0 radical (unpaired) electrons. The van der Waals surface area contributed by atoms with Gasteiger partial charge in [0.05, 0.1) is 6.26 Å². The molecule has 0 aromatic rings. The molecule has 0 spiro atoms. The van der Waals surface area contributed by atoms with E-state index in [1.165, 1.54) is 25.7 Å². The summed E-state index contributed by atoms with van der Waals surface area (Å²) in [6, 6.07) is 0. The van der Waals surface area contributed by atoms with Crippen LogP contribution in [0.5, 0.6) is 0 Å². The fourth-order valence-corrected chi connectivity index (χ4v) is 1.61. The molecule has 0 aromatic carbocycles. The van der Waals surface area contributed by atoms with Crippen molar-refractivity contribution in [2.45, 2.75) is 25.7 Å². The lowest BCUT2D eigenvalue weighted by Crippen LogP contribution is -2.15. The number of rotatable bonds is 2. The summed E-state index contributed by atoms with van der Waals surface area (Å²) in [6.07, 6.45) is 7.60. The van der Waals surface area contributed by atoms with Gasteiger partial charge in [-0.15, -0.1) is 6.58 Å². The Hall–Kier alpha value is -0.390. The first-order chi connectivity index (χ1) is 6.86. The topological polar surface area (TPSA) is 74.6 Å². The van der Waals surface area contributed by atoms with Crippen LogP contribution < -0.4 is 0 Å². The molecule has 4 nitrogen and oxygen atoms in total. The Morgan fingerprint density at radius 2 is 1.73 bits per heavy atom. The van der Waals surface area contributed by atoms with Gasteiger partial charge >= 0.3 is 0 Å². The molecule has 2 N–H and O–H groups in total. The van der Waals surface area contributed by atoms with Crippen LogP contribution in [0.15, 0.2) is 12.7 Å². The highest BCUT2D eigenvalue weighted by Gasteiger charge is 2.17. The average Bonchev–Trinajstić information content (AvgIpc) is 2.15. The van der Waals surface area contributed by atoms with Crippen molar-refractivity contribution in [3.63, 3.8) is 0 Å². The average molecular weight is 236 g/mol. The van der Waals surface area contributed by atoms with Crippen molar-refractivity contribution in [2.75, 3.05) is 12.9 Å². The molecule has 0 atom stereocenters. The molecule has 0 bridgehead atoms. The highest BCUT2D eigenvalue weighted by molar-refractivity contribution is 7.85. The second-order valence-corrected chi connectivity index (χ2v) is 5.40. The highest BCUT2D eigenvalue weighted by Crippen LogP contribution is 2.28. The standard InChI is InChI=1S/C9H16O.CH4O3S/c1-2-8-3-5-9(7-10)6-4-8;1-5(2,3)4/h2,8-10H,1,3-7H2;1H3,(H,2,3,4). The molecule has 0 saturated heterocycles. The fourth-order valence-electron chi connectivity index (χ4n) is 1.61. The minimum atomic E-state index is -3.67. The molecular formula is C10H20O4S. The van der Waals surface area contributed by atoms with Crippen molar-refractivity contribution in [1.29, 1.82) is 0 Å². The van der Waals surface area contributed by atoms with E-state index in [0.29, 0.717) is 18.8 Å². The van der Waals surface area contributed by atoms with Crippen molar-refractivity contribution in [3.8, 4) is 0 Å². The first-order valence-corrected chi connectivity index (χ1v) is 6.87. The van der Waals surface area contributed by atoms with Crippen molar-refractivity contribution in [1.82, 2.24) is 0 Å². The smallest absolute Gasteiger partial charge is 0.261 e. The summed E-state index contributed by atoms with van der Waals surface area (Å²) >= 11 is 0. The zero-order chi connectivity index (χ0) is 11.9. The van der Waals surface area contributed by atoms with Crippen molar-refractivity contribution >= 4 is 10.1 Å². The van der Waals surface area contributed by atoms with Crippen LogP contribution in [0.3, 0.4) is 0 Å². The minimum Gasteiger partial charge on any atom is -0.396 e. The summed E-state index contributed by atoms with van der Waals surface area (Å²) in [6.45, 7) is 4.15. The van der Waals surface area contributed by atoms with Gasteiger partial charge in [0, 0.05) is 6.61 Å². The number of allylic oxidation sites excluding steroid dienone is 1. The third kappa shape index (κ3) is 9.90. The van der Waals surface area contributed by atoms with Gasteiger partial charge in [0.25, 0.3) is 10.1 Å². The van der Waals surface area contributed by atoms with Crippen LogP contribution in [0.1, 0.15) is 25.7 Å². The molecule has 0 amide bonds. The van der Waals surface area contributed by atoms with Crippen LogP contribution >= 0.6 is 0 Å². The maximum absolute atomic E-state index is 9.19. The van der Waals surface area contributed by atoms with E-state index in [2.05, 4.69) is 6.58 Å². The molecule has 1 aliphatic carbocycles. The lowest BCUT2D eigenvalue weighted by Gasteiger charge is -2.24. The molecule has 0 heterocycles. The van der Waals surface area contributed by atoms with Gasteiger partial charge in [0.2, 0.25) is 0 Å². The van der Waals surface area contributed by atoms with Gasteiger partial charge in [-0.1, -0.05) is 6.08 Å². The molecule has 1 aliphatic rings. The third-order valence-electron chi connectivity index (χ3n) is 2.48. The first-order valence-electron chi connectivity index (χ1n) is 5.02. The molecule has 0 aromatic heterocycles. The van der Waals surface area contributed by atoms with Crippen LogP contribution in [0, 0.1) is 11.8 Å². The zero-order valence-corrected chi connectivity index (χ0v) is 9.91. The predicted molar refractivity (Wildman–Crippen MR) is 60.2 cm³/mol. The molecular weight excluding hydrogens is 216 g/mol. The second-order valence-electron chi connectivity index (χ2n) is 3.93. The Kier molecular flexibility index (Phi) is 6.80. The molecule has 0 aliphatic heterocycles. The van der Waals surface area contributed by atoms with Gasteiger partial charge in [0.15, 0.2) is 0 Å². The van der Waals surface area contributed by atoms with Gasteiger partial charge in [-0.05, 0) is 37.5 Å². The number of aliphatic hydroxyl groups excluding tert-OH is 1. The Morgan fingerprint density at radius 3 is 2.00 bits per heavy atom. The molecule has 15 heavy (non-hydrogen) atoms. The van der Waals surface area contributed by atoms with Gasteiger partial charge in [-0.3, -0.25) is 4.55 Å². The maximum Gasteiger partial charge on any atom is 0.261 e. The number of hydrogen-bond donors (Lipinski definition) is 2. The largest absolute Gasteiger partial charge is 0.396 e. The quantitative estimate of drug-likeness (QED) is 0.562. The Labute approximate surface area is 91.8 Å². The van der Waals surface area contributed by atoms with Gasteiger partial charge in [-0.25, -0.2) is 0 Å². The van der Waals surface area contributed by atoms with E-state index in [4.69, 9.17) is 9.66 Å². The first kappa shape index (κ1) is 14.6. The third-order valence-corrected chi connectivity index (χ3v) is 2.48. The second kappa shape index (κ2) is 6.98. The van der Waals surface area contributed by atoms with Crippen LogP contribution in [0.2, 0.25) is 0 Å². The lowest BCUT2D eigenvalue weighted by molar-refractivity contribution is 0.178. The van der Waals surface area contributed by atoms with E-state index in [1.807, 2.05) is 6.08 Å². The van der Waals surface area contributed by atoms with E-state index in [0.717, 1.165) is 5.92 Å². The fraction of sp³-hybridized carbons (Fsp3) is 0.800. The molecule has 5 heteroatoms.